The maximum absolute atomic E-state index is 12.6. The Bertz CT molecular complexity index is 1190. The molecule has 34 heavy (non-hydrogen) atoms. The highest BCUT2D eigenvalue weighted by atomic mass is 35.5. The minimum atomic E-state index is -0.476. The second kappa shape index (κ2) is 10.7. The third kappa shape index (κ3) is 5.55. The summed E-state index contributed by atoms with van der Waals surface area (Å²) in [6.45, 7) is 0.581. The molecule has 0 bridgehead atoms. The van der Waals surface area contributed by atoms with Gasteiger partial charge in [0.1, 0.15) is 18.1 Å². The van der Waals surface area contributed by atoms with Gasteiger partial charge in [0.15, 0.2) is 0 Å². The van der Waals surface area contributed by atoms with Gasteiger partial charge >= 0.3 is 0 Å². The summed E-state index contributed by atoms with van der Waals surface area (Å²) in [5.41, 5.74) is 7.67. The van der Waals surface area contributed by atoms with Crippen LogP contribution in [0.15, 0.2) is 66.7 Å². The van der Waals surface area contributed by atoms with Crippen LogP contribution < -0.4 is 25.2 Å². The first-order valence-electron chi connectivity index (χ1n) is 10.6. The van der Waals surface area contributed by atoms with Crippen LogP contribution in [-0.4, -0.2) is 25.5 Å². The molecule has 1 fully saturated rings. The van der Waals surface area contributed by atoms with E-state index in [2.05, 4.69) is 10.9 Å². The summed E-state index contributed by atoms with van der Waals surface area (Å²) in [5.74, 6) is 0.339. The number of hydrogen-bond donors (Lipinski definition) is 2. The molecule has 1 aliphatic heterocycles. The van der Waals surface area contributed by atoms with Crippen molar-refractivity contribution >= 4 is 46.4 Å². The summed E-state index contributed by atoms with van der Waals surface area (Å²) < 4.78 is 10.9. The van der Waals surface area contributed by atoms with E-state index in [1.54, 1.807) is 60.5 Å². The van der Waals surface area contributed by atoms with Crippen LogP contribution in [-0.2, 0) is 16.2 Å². The van der Waals surface area contributed by atoms with Crippen LogP contribution in [0.4, 0.5) is 11.4 Å². The number of hydrogen-bond acceptors (Lipinski definition) is 5. The molecule has 1 atom stereocenters. The normalized spacial score (nSPS) is 15.2. The second-order valence-corrected chi connectivity index (χ2v) is 8.56. The van der Waals surface area contributed by atoms with E-state index >= 15 is 0 Å². The number of rotatable bonds is 8. The van der Waals surface area contributed by atoms with Gasteiger partial charge in [0.2, 0.25) is 11.8 Å². The third-order valence-corrected chi connectivity index (χ3v) is 6.15. The molecule has 0 saturated carbocycles. The Hall–Kier alpha value is -3.42. The summed E-state index contributed by atoms with van der Waals surface area (Å²) in [7, 11) is 1.58. The molecule has 1 aliphatic rings. The molecule has 7 nitrogen and oxygen atoms in total. The van der Waals surface area contributed by atoms with Crippen LogP contribution in [0, 0.1) is 5.92 Å². The van der Waals surface area contributed by atoms with Gasteiger partial charge in [-0.1, -0.05) is 41.4 Å². The van der Waals surface area contributed by atoms with Crippen LogP contribution >= 0.6 is 23.2 Å². The third-order valence-electron chi connectivity index (χ3n) is 5.48. The SMILES string of the molecule is COc1ccc(N2C[C@@H](C(=O)NNc3ccc(OCc4ccccc4Cl)c(Cl)c3)CC2=O)cc1. The van der Waals surface area contributed by atoms with Gasteiger partial charge in [-0.15, -0.1) is 0 Å². The molecule has 9 heteroatoms. The Morgan fingerprint density at radius 3 is 2.53 bits per heavy atom. The zero-order valence-corrected chi connectivity index (χ0v) is 19.9. The van der Waals surface area contributed by atoms with E-state index < -0.39 is 5.92 Å². The number of methoxy groups -OCH3 is 1. The van der Waals surface area contributed by atoms with E-state index in [4.69, 9.17) is 32.7 Å². The van der Waals surface area contributed by atoms with Gasteiger partial charge in [-0.25, -0.2) is 0 Å². The highest BCUT2D eigenvalue weighted by molar-refractivity contribution is 6.32. The summed E-state index contributed by atoms with van der Waals surface area (Å²) in [5, 5.41) is 1.00. The molecule has 0 aromatic heterocycles. The Kier molecular flexibility index (Phi) is 7.45. The molecule has 3 aromatic rings. The van der Waals surface area contributed by atoms with E-state index in [9.17, 15) is 9.59 Å². The monoisotopic (exact) mass is 499 g/mol. The molecule has 0 spiro atoms. The molecule has 1 heterocycles. The van der Waals surface area contributed by atoms with Crippen molar-refractivity contribution < 1.29 is 19.1 Å². The van der Waals surface area contributed by atoms with Crippen molar-refractivity contribution in [1.82, 2.24) is 5.43 Å². The Morgan fingerprint density at radius 2 is 1.82 bits per heavy atom. The fourth-order valence-corrected chi connectivity index (χ4v) is 4.02. The van der Waals surface area contributed by atoms with E-state index in [0.29, 0.717) is 33.8 Å². The standard InChI is InChI=1S/C25H23Cl2N3O4/c1-33-20-9-7-19(8-10-20)30-14-17(12-24(30)31)25(32)29-28-18-6-11-23(22(27)13-18)34-15-16-4-2-3-5-21(16)26/h2-11,13,17,28H,12,14-15H2,1H3,(H,29,32)/t17-/m0/s1. The fourth-order valence-electron chi connectivity index (χ4n) is 3.60. The number of nitrogens with one attached hydrogen (secondary N) is 2. The predicted octanol–water partition coefficient (Wildman–Crippen LogP) is 5.08. The summed E-state index contributed by atoms with van der Waals surface area (Å²) >= 11 is 12.5. The Labute approximate surface area is 207 Å². The molecular weight excluding hydrogens is 477 g/mol. The van der Waals surface area contributed by atoms with Crippen molar-refractivity contribution in [3.05, 3.63) is 82.3 Å². The quantitative estimate of drug-likeness (QED) is 0.422. The topological polar surface area (TPSA) is 79.9 Å². The van der Waals surface area contributed by atoms with Gasteiger partial charge in [0.25, 0.3) is 0 Å². The lowest BCUT2D eigenvalue weighted by Crippen LogP contribution is -2.36. The first kappa shape index (κ1) is 23.7. The van der Waals surface area contributed by atoms with E-state index in [0.717, 1.165) is 11.3 Å². The van der Waals surface area contributed by atoms with E-state index in [1.165, 1.54) is 0 Å². The van der Waals surface area contributed by atoms with Crippen LogP contribution in [0.5, 0.6) is 11.5 Å². The van der Waals surface area contributed by atoms with Crippen LogP contribution in [0.2, 0.25) is 10.0 Å². The van der Waals surface area contributed by atoms with Crippen molar-refractivity contribution in [1.29, 1.82) is 0 Å². The maximum atomic E-state index is 12.6. The second-order valence-electron chi connectivity index (χ2n) is 7.74. The molecule has 176 valence electrons. The van der Waals surface area contributed by atoms with Crippen LogP contribution in [0.1, 0.15) is 12.0 Å². The molecule has 4 rings (SSSR count). The predicted molar refractivity (Wildman–Crippen MR) is 132 cm³/mol. The number of halogens is 2. The lowest BCUT2D eigenvalue weighted by Gasteiger charge is -2.17. The Morgan fingerprint density at radius 1 is 1.06 bits per heavy atom. The molecule has 0 unspecified atom stereocenters. The van der Waals surface area contributed by atoms with E-state index in [1.807, 2.05) is 18.2 Å². The minimum absolute atomic E-state index is 0.103. The average Bonchev–Trinajstić information content (AvgIpc) is 3.24. The van der Waals surface area contributed by atoms with Crippen molar-refractivity contribution in [2.75, 3.05) is 24.0 Å². The largest absolute Gasteiger partial charge is 0.497 e. The average molecular weight is 500 g/mol. The summed E-state index contributed by atoms with van der Waals surface area (Å²) in [6, 6.07) is 19.7. The van der Waals surface area contributed by atoms with Crippen molar-refractivity contribution in [2.24, 2.45) is 5.92 Å². The number of hydrazine groups is 1. The minimum Gasteiger partial charge on any atom is -0.497 e. The molecule has 2 N–H and O–H groups in total. The lowest BCUT2D eigenvalue weighted by atomic mass is 10.1. The van der Waals surface area contributed by atoms with Gasteiger partial charge in [0.05, 0.1) is 23.7 Å². The lowest BCUT2D eigenvalue weighted by molar-refractivity contribution is -0.125. The molecule has 0 radical (unpaired) electrons. The molecule has 2 amide bonds. The number of amides is 2. The summed E-state index contributed by atoms with van der Waals surface area (Å²) in [4.78, 5) is 26.7. The van der Waals surface area contributed by atoms with Crippen LogP contribution in [0.3, 0.4) is 0 Å². The zero-order chi connectivity index (χ0) is 24.1. The number of ether oxygens (including phenoxy) is 2. The van der Waals surface area contributed by atoms with Gasteiger partial charge in [0, 0.05) is 29.2 Å². The maximum Gasteiger partial charge on any atom is 0.243 e. The van der Waals surface area contributed by atoms with Crippen molar-refractivity contribution in [2.45, 2.75) is 13.0 Å². The molecule has 0 aliphatic carbocycles. The molecular formula is C25H23Cl2N3O4. The smallest absolute Gasteiger partial charge is 0.243 e. The zero-order valence-electron chi connectivity index (χ0n) is 18.4. The number of nitrogens with zero attached hydrogens (tertiary/aromatic N) is 1. The first-order valence-corrected chi connectivity index (χ1v) is 11.4. The first-order chi connectivity index (χ1) is 16.4. The number of carbonyl (C=O) groups excluding carboxylic acids is 2. The van der Waals surface area contributed by atoms with Gasteiger partial charge in [-0.2, -0.15) is 0 Å². The highest BCUT2D eigenvalue weighted by Crippen LogP contribution is 2.30. The number of anilines is 2. The van der Waals surface area contributed by atoms with Gasteiger partial charge in [-0.3, -0.25) is 20.4 Å². The number of carbonyl (C=O) groups is 2. The molecule has 3 aromatic carbocycles. The van der Waals surface area contributed by atoms with Gasteiger partial charge in [-0.05, 0) is 48.5 Å². The highest BCUT2D eigenvalue weighted by Gasteiger charge is 2.35. The van der Waals surface area contributed by atoms with Crippen molar-refractivity contribution in [3.63, 3.8) is 0 Å². The number of benzene rings is 3. The Balaban J connectivity index is 1.30. The van der Waals surface area contributed by atoms with Gasteiger partial charge < -0.3 is 14.4 Å². The summed E-state index contributed by atoms with van der Waals surface area (Å²) in [6.07, 6.45) is 0.134. The van der Waals surface area contributed by atoms with E-state index in [-0.39, 0.29) is 24.8 Å². The van der Waals surface area contributed by atoms with Crippen LogP contribution in [0.25, 0.3) is 0 Å². The van der Waals surface area contributed by atoms with Crippen molar-refractivity contribution in [3.8, 4) is 11.5 Å². The fraction of sp³-hybridized carbons (Fsp3) is 0.200. The molecule has 1 saturated heterocycles.